The van der Waals surface area contributed by atoms with Gasteiger partial charge < -0.3 is 5.73 Å². The minimum absolute atomic E-state index is 0.124. The maximum atomic E-state index is 13.7. The van der Waals surface area contributed by atoms with Gasteiger partial charge in [0.1, 0.15) is 0 Å². The molecule has 2 aliphatic carbocycles. The lowest BCUT2D eigenvalue weighted by Crippen LogP contribution is -2.48. The minimum atomic E-state index is -0.791. The summed E-state index contributed by atoms with van der Waals surface area (Å²) in [6, 6.07) is 10.2. The Bertz CT molecular complexity index is 659. The highest BCUT2D eigenvalue weighted by Crippen LogP contribution is 2.46. The highest BCUT2D eigenvalue weighted by Gasteiger charge is 2.54. The minimum Gasteiger partial charge on any atom is -0.369 e. The van der Waals surface area contributed by atoms with Gasteiger partial charge in [0, 0.05) is 6.54 Å². The molecule has 1 aromatic rings. The van der Waals surface area contributed by atoms with Crippen molar-refractivity contribution in [1.29, 1.82) is 0 Å². The first-order chi connectivity index (χ1) is 12.7. The Morgan fingerprint density at radius 2 is 1.58 bits per heavy atom. The van der Waals surface area contributed by atoms with Crippen LogP contribution in [0.2, 0.25) is 0 Å². The van der Waals surface area contributed by atoms with Gasteiger partial charge in [-0.25, -0.2) is 4.99 Å². The maximum Gasteiger partial charge on any atom is 0.262 e. The summed E-state index contributed by atoms with van der Waals surface area (Å²) in [7, 11) is 0. The molecule has 1 heterocycles. The van der Waals surface area contributed by atoms with Crippen molar-refractivity contribution in [3.05, 3.63) is 35.9 Å². The van der Waals surface area contributed by atoms with Crippen LogP contribution in [-0.2, 0) is 10.3 Å². The zero-order valence-electron chi connectivity index (χ0n) is 15.7. The number of carbonyl (C=O) groups is 1. The van der Waals surface area contributed by atoms with E-state index in [1.165, 1.54) is 51.4 Å². The third kappa shape index (κ3) is 3.04. The average molecular weight is 354 g/mol. The first-order valence-corrected chi connectivity index (χ1v) is 10.4. The van der Waals surface area contributed by atoms with Crippen molar-refractivity contribution in [2.45, 2.75) is 69.7 Å². The Morgan fingerprint density at radius 3 is 2.23 bits per heavy atom. The summed E-state index contributed by atoms with van der Waals surface area (Å²) >= 11 is 0. The highest BCUT2D eigenvalue weighted by atomic mass is 16.2. The van der Waals surface area contributed by atoms with Crippen LogP contribution in [0.4, 0.5) is 0 Å². The summed E-state index contributed by atoms with van der Waals surface area (Å²) in [5.74, 6) is 1.40. The van der Waals surface area contributed by atoms with Crippen LogP contribution >= 0.6 is 0 Å². The molecule has 0 aromatic heterocycles. The van der Waals surface area contributed by atoms with E-state index in [0.29, 0.717) is 11.9 Å². The zero-order valence-corrected chi connectivity index (χ0v) is 15.7. The van der Waals surface area contributed by atoms with Crippen molar-refractivity contribution in [1.82, 2.24) is 4.90 Å². The number of benzene rings is 1. The molecular formula is C22H31N3O. The average Bonchev–Trinajstić information content (AvgIpc) is 2.96. The first kappa shape index (κ1) is 17.6. The quantitative estimate of drug-likeness (QED) is 0.882. The summed E-state index contributed by atoms with van der Waals surface area (Å²) < 4.78 is 0. The Morgan fingerprint density at radius 1 is 0.962 bits per heavy atom. The Hall–Kier alpha value is -1.84. The van der Waals surface area contributed by atoms with E-state index < -0.39 is 5.54 Å². The fourth-order valence-corrected chi connectivity index (χ4v) is 5.31. The molecule has 0 radical (unpaired) electrons. The topological polar surface area (TPSA) is 58.7 Å². The lowest BCUT2D eigenvalue weighted by atomic mass is 9.71. The number of hydrogen-bond donors (Lipinski definition) is 1. The number of nitrogens with two attached hydrogens (primary N) is 1. The van der Waals surface area contributed by atoms with Crippen LogP contribution < -0.4 is 5.73 Å². The van der Waals surface area contributed by atoms with Crippen LogP contribution in [0.25, 0.3) is 0 Å². The molecule has 26 heavy (non-hydrogen) atoms. The molecule has 0 spiro atoms. The molecule has 3 aliphatic rings. The molecular weight excluding hydrogens is 322 g/mol. The molecule has 4 nitrogen and oxygen atoms in total. The van der Waals surface area contributed by atoms with E-state index in [1.807, 2.05) is 23.1 Å². The Labute approximate surface area is 156 Å². The molecule has 140 valence electrons. The number of rotatable bonds is 4. The van der Waals surface area contributed by atoms with Gasteiger partial charge in [0.25, 0.3) is 5.91 Å². The van der Waals surface area contributed by atoms with E-state index in [-0.39, 0.29) is 11.8 Å². The van der Waals surface area contributed by atoms with E-state index in [2.05, 4.69) is 12.1 Å². The second kappa shape index (κ2) is 7.42. The van der Waals surface area contributed by atoms with Crippen LogP contribution in [0, 0.1) is 11.8 Å². The summed E-state index contributed by atoms with van der Waals surface area (Å²) in [5, 5.41) is 0. The number of nitrogens with zero attached hydrogens (tertiary/aromatic N) is 2. The number of aliphatic imine (C=N–C) groups is 1. The second-order valence-corrected chi connectivity index (χ2v) is 8.36. The third-order valence-electron chi connectivity index (χ3n) is 6.71. The molecule has 1 unspecified atom stereocenters. The number of hydrogen-bond acceptors (Lipinski definition) is 3. The molecule has 1 aromatic carbocycles. The standard InChI is InChI=1S/C22H31N3O/c23-21-24-22(18-12-6-2-7-13-18,19-14-8-3-9-15-19)20(26)25(21)16-17-10-4-1-5-11-17/h2,6-7,12-13,17,19H,1,3-5,8-11,14-16H2,(H2,23,24). The zero-order chi connectivity index (χ0) is 18.0. The largest absolute Gasteiger partial charge is 0.369 e. The van der Waals surface area contributed by atoms with Gasteiger partial charge in [-0.2, -0.15) is 0 Å². The first-order valence-electron chi connectivity index (χ1n) is 10.4. The number of carbonyl (C=O) groups excluding carboxylic acids is 1. The van der Waals surface area contributed by atoms with Crippen molar-refractivity contribution in [3.8, 4) is 0 Å². The van der Waals surface area contributed by atoms with E-state index in [4.69, 9.17) is 10.7 Å². The van der Waals surface area contributed by atoms with E-state index >= 15 is 0 Å². The van der Waals surface area contributed by atoms with Crippen molar-refractivity contribution in [2.24, 2.45) is 22.6 Å². The second-order valence-electron chi connectivity index (χ2n) is 8.36. The molecule has 4 heteroatoms. The van der Waals surface area contributed by atoms with Crippen LogP contribution in [-0.4, -0.2) is 23.3 Å². The molecule has 4 rings (SSSR count). The smallest absolute Gasteiger partial charge is 0.262 e. The van der Waals surface area contributed by atoms with Gasteiger partial charge in [-0.05, 0) is 43.1 Å². The number of amides is 1. The monoisotopic (exact) mass is 353 g/mol. The van der Waals surface area contributed by atoms with Crippen molar-refractivity contribution in [3.63, 3.8) is 0 Å². The molecule has 1 atom stereocenters. The van der Waals surface area contributed by atoms with Crippen molar-refractivity contribution < 1.29 is 4.79 Å². The van der Waals surface area contributed by atoms with Gasteiger partial charge in [0.05, 0.1) is 0 Å². The van der Waals surface area contributed by atoms with Gasteiger partial charge in [0.15, 0.2) is 11.5 Å². The molecule has 2 saturated carbocycles. The predicted molar refractivity (Wildman–Crippen MR) is 105 cm³/mol. The summed E-state index contributed by atoms with van der Waals surface area (Å²) in [4.78, 5) is 20.5. The third-order valence-corrected chi connectivity index (χ3v) is 6.71. The fraction of sp³-hybridized carbons (Fsp3) is 0.636. The Balaban J connectivity index is 1.66. The SMILES string of the molecule is NC1=NC(c2ccccc2)(C2CCCCC2)C(=O)N1CC1CCCCC1. The van der Waals surface area contributed by atoms with Gasteiger partial charge >= 0.3 is 0 Å². The summed E-state index contributed by atoms with van der Waals surface area (Å²) in [6.07, 6.45) is 12.0. The lowest BCUT2D eigenvalue weighted by molar-refractivity contribution is -0.134. The van der Waals surface area contributed by atoms with Crippen LogP contribution in [0.3, 0.4) is 0 Å². The molecule has 0 saturated heterocycles. The lowest BCUT2D eigenvalue weighted by Gasteiger charge is -2.37. The number of guanidine groups is 1. The molecule has 2 N–H and O–H groups in total. The van der Waals surface area contributed by atoms with Crippen LogP contribution in [0.15, 0.2) is 35.3 Å². The predicted octanol–water partition coefficient (Wildman–Crippen LogP) is 4.20. The van der Waals surface area contributed by atoms with Crippen molar-refractivity contribution >= 4 is 11.9 Å². The molecule has 1 aliphatic heterocycles. The van der Waals surface area contributed by atoms with Crippen molar-refractivity contribution in [2.75, 3.05) is 6.54 Å². The fourth-order valence-electron chi connectivity index (χ4n) is 5.31. The Kier molecular flexibility index (Phi) is 5.01. The van der Waals surface area contributed by atoms with Crippen LogP contribution in [0.5, 0.6) is 0 Å². The van der Waals surface area contributed by atoms with E-state index in [1.54, 1.807) is 0 Å². The van der Waals surface area contributed by atoms with Gasteiger partial charge in [-0.1, -0.05) is 68.9 Å². The maximum absolute atomic E-state index is 13.7. The van der Waals surface area contributed by atoms with Gasteiger partial charge in [-0.15, -0.1) is 0 Å². The van der Waals surface area contributed by atoms with E-state index in [0.717, 1.165) is 24.9 Å². The normalized spacial score (nSPS) is 28.4. The molecule has 2 fully saturated rings. The van der Waals surface area contributed by atoms with Crippen LogP contribution in [0.1, 0.15) is 69.8 Å². The summed E-state index contributed by atoms with van der Waals surface area (Å²) in [6.45, 7) is 0.746. The van der Waals surface area contributed by atoms with E-state index in [9.17, 15) is 4.79 Å². The van der Waals surface area contributed by atoms with Gasteiger partial charge in [-0.3, -0.25) is 9.69 Å². The molecule has 1 amide bonds. The summed E-state index contributed by atoms with van der Waals surface area (Å²) in [5.41, 5.74) is 6.59. The van der Waals surface area contributed by atoms with Gasteiger partial charge in [0.2, 0.25) is 0 Å². The molecule has 0 bridgehead atoms. The highest BCUT2D eigenvalue weighted by molar-refractivity contribution is 6.07.